The number of amides is 1. The summed E-state index contributed by atoms with van der Waals surface area (Å²) in [6.45, 7) is 1.65. The molecule has 4 nitrogen and oxygen atoms in total. The number of hydrogen-bond acceptors (Lipinski definition) is 4. The Morgan fingerprint density at radius 2 is 2.00 bits per heavy atom. The van der Waals surface area contributed by atoms with Gasteiger partial charge in [0.1, 0.15) is 0 Å². The Labute approximate surface area is 140 Å². The number of nitrogens with one attached hydrogen (secondary N) is 1. The first-order chi connectivity index (χ1) is 10.5. The average Bonchev–Trinajstić information content (AvgIpc) is 2.91. The van der Waals surface area contributed by atoms with Gasteiger partial charge in [-0.1, -0.05) is 15.9 Å². The number of anilines is 1. The highest BCUT2D eigenvalue weighted by molar-refractivity contribution is 9.10. The van der Waals surface area contributed by atoms with E-state index in [1.807, 2.05) is 30.5 Å². The fourth-order valence-electron chi connectivity index (χ4n) is 1.61. The highest BCUT2D eigenvalue weighted by Gasteiger charge is 2.06. The zero-order valence-corrected chi connectivity index (χ0v) is 14.2. The monoisotopic (exact) mass is 379 g/mol. The number of esters is 1. The third-order valence-electron chi connectivity index (χ3n) is 2.75. The Kier molecular flexibility index (Phi) is 5.91. The summed E-state index contributed by atoms with van der Waals surface area (Å²) >= 11 is 4.85. The number of benzene rings is 1. The fraction of sp³-hybridized carbons (Fsp3) is 0.125. The van der Waals surface area contributed by atoms with Gasteiger partial charge in [0.25, 0.3) is 5.91 Å². The topological polar surface area (TPSA) is 55.4 Å². The molecule has 1 heterocycles. The summed E-state index contributed by atoms with van der Waals surface area (Å²) < 4.78 is 5.82. The molecule has 2 rings (SSSR count). The van der Waals surface area contributed by atoms with Gasteiger partial charge in [-0.3, -0.25) is 4.79 Å². The molecule has 0 bridgehead atoms. The summed E-state index contributed by atoms with van der Waals surface area (Å²) in [7, 11) is 0. The van der Waals surface area contributed by atoms with Gasteiger partial charge in [-0.2, -0.15) is 0 Å². The van der Waals surface area contributed by atoms with Gasteiger partial charge in [0.2, 0.25) is 0 Å². The Bertz CT molecular complexity index is 692. The van der Waals surface area contributed by atoms with E-state index in [4.69, 9.17) is 4.74 Å². The van der Waals surface area contributed by atoms with E-state index < -0.39 is 5.97 Å². The SMILES string of the molecule is Cc1ccsc1/C=C/C(=O)OCC(=O)Nc1ccc(Br)cc1. The Balaban J connectivity index is 1.78. The van der Waals surface area contributed by atoms with Crippen LogP contribution in [0, 0.1) is 6.92 Å². The normalized spacial score (nSPS) is 10.6. The molecule has 1 aromatic carbocycles. The molecule has 2 aromatic rings. The van der Waals surface area contributed by atoms with Crippen LogP contribution < -0.4 is 5.32 Å². The summed E-state index contributed by atoms with van der Waals surface area (Å²) in [5.74, 6) is -0.921. The summed E-state index contributed by atoms with van der Waals surface area (Å²) in [6.07, 6.45) is 3.01. The maximum absolute atomic E-state index is 11.7. The molecule has 6 heteroatoms. The average molecular weight is 380 g/mol. The zero-order chi connectivity index (χ0) is 15.9. The molecule has 0 atom stereocenters. The van der Waals surface area contributed by atoms with Gasteiger partial charge in [0, 0.05) is 21.1 Å². The van der Waals surface area contributed by atoms with Crippen LogP contribution in [-0.2, 0) is 14.3 Å². The van der Waals surface area contributed by atoms with E-state index in [-0.39, 0.29) is 12.5 Å². The number of rotatable bonds is 5. The number of aryl methyl sites for hydroxylation is 1. The first-order valence-corrected chi connectivity index (χ1v) is 8.16. The van der Waals surface area contributed by atoms with Crippen molar-refractivity contribution in [3.8, 4) is 0 Å². The maximum atomic E-state index is 11.7. The van der Waals surface area contributed by atoms with Crippen LogP contribution in [-0.4, -0.2) is 18.5 Å². The quantitative estimate of drug-likeness (QED) is 0.630. The van der Waals surface area contributed by atoms with E-state index in [0.717, 1.165) is 14.9 Å². The Morgan fingerprint density at radius 3 is 2.64 bits per heavy atom. The first-order valence-electron chi connectivity index (χ1n) is 6.49. The Hall–Kier alpha value is -1.92. The molecule has 0 fully saturated rings. The van der Waals surface area contributed by atoms with Crippen LogP contribution >= 0.6 is 27.3 Å². The van der Waals surface area contributed by atoms with Crippen molar-refractivity contribution in [2.45, 2.75) is 6.92 Å². The lowest BCUT2D eigenvalue weighted by Gasteiger charge is -2.05. The van der Waals surface area contributed by atoms with Gasteiger partial charge >= 0.3 is 5.97 Å². The molecule has 0 unspecified atom stereocenters. The molecule has 114 valence electrons. The second-order valence-electron chi connectivity index (χ2n) is 4.46. The molecule has 0 spiro atoms. The number of carbonyl (C=O) groups excluding carboxylic acids is 2. The molecule has 22 heavy (non-hydrogen) atoms. The van der Waals surface area contributed by atoms with Gasteiger partial charge in [-0.15, -0.1) is 11.3 Å². The van der Waals surface area contributed by atoms with E-state index in [0.29, 0.717) is 5.69 Å². The van der Waals surface area contributed by atoms with Crippen molar-refractivity contribution in [1.29, 1.82) is 0 Å². The minimum atomic E-state index is -0.543. The summed E-state index contributed by atoms with van der Waals surface area (Å²) in [5, 5.41) is 4.59. The fourth-order valence-corrected chi connectivity index (χ4v) is 2.70. The molecule has 0 aliphatic heterocycles. The van der Waals surface area contributed by atoms with Gasteiger partial charge in [-0.25, -0.2) is 4.79 Å². The summed E-state index contributed by atoms with van der Waals surface area (Å²) in [5.41, 5.74) is 1.75. The molecular weight excluding hydrogens is 366 g/mol. The molecule has 0 aliphatic carbocycles. The van der Waals surface area contributed by atoms with Crippen molar-refractivity contribution < 1.29 is 14.3 Å². The van der Waals surface area contributed by atoms with Crippen LogP contribution in [0.4, 0.5) is 5.69 Å². The molecule has 0 aliphatic rings. The lowest BCUT2D eigenvalue weighted by atomic mass is 10.3. The third kappa shape index (κ3) is 5.13. The van der Waals surface area contributed by atoms with Crippen LogP contribution in [0.1, 0.15) is 10.4 Å². The van der Waals surface area contributed by atoms with Gasteiger partial charge in [-0.05, 0) is 54.3 Å². The number of carbonyl (C=O) groups is 2. The zero-order valence-electron chi connectivity index (χ0n) is 11.8. The number of hydrogen-bond donors (Lipinski definition) is 1. The third-order valence-corrected chi connectivity index (χ3v) is 4.26. The van der Waals surface area contributed by atoms with Crippen molar-refractivity contribution in [1.82, 2.24) is 0 Å². The molecule has 1 amide bonds. The molecule has 0 saturated carbocycles. The van der Waals surface area contributed by atoms with Crippen molar-refractivity contribution in [2.75, 3.05) is 11.9 Å². The lowest BCUT2D eigenvalue weighted by molar-refractivity contribution is -0.142. The summed E-state index contributed by atoms with van der Waals surface area (Å²) in [6, 6.07) is 9.11. The second kappa shape index (κ2) is 7.91. The van der Waals surface area contributed by atoms with E-state index in [1.165, 1.54) is 6.08 Å². The van der Waals surface area contributed by atoms with Crippen LogP contribution in [0.25, 0.3) is 6.08 Å². The minimum Gasteiger partial charge on any atom is -0.452 e. The van der Waals surface area contributed by atoms with Crippen molar-refractivity contribution in [3.63, 3.8) is 0 Å². The first kappa shape index (κ1) is 16.5. The molecule has 1 aromatic heterocycles. The Morgan fingerprint density at radius 1 is 1.27 bits per heavy atom. The number of ether oxygens (including phenoxy) is 1. The van der Waals surface area contributed by atoms with E-state index >= 15 is 0 Å². The summed E-state index contributed by atoms with van der Waals surface area (Å²) in [4.78, 5) is 24.2. The van der Waals surface area contributed by atoms with E-state index in [9.17, 15) is 9.59 Å². The van der Waals surface area contributed by atoms with Crippen LogP contribution in [0.5, 0.6) is 0 Å². The molecule has 0 saturated heterocycles. The van der Waals surface area contributed by atoms with Crippen LogP contribution in [0.3, 0.4) is 0 Å². The van der Waals surface area contributed by atoms with Crippen molar-refractivity contribution in [2.24, 2.45) is 0 Å². The van der Waals surface area contributed by atoms with E-state index in [2.05, 4.69) is 21.2 Å². The number of thiophene rings is 1. The van der Waals surface area contributed by atoms with Gasteiger partial charge in [0.15, 0.2) is 6.61 Å². The van der Waals surface area contributed by atoms with Gasteiger partial charge in [0.05, 0.1) is 0 Å². The van der Waals surface area contributed by atoms with E-state index in [1.54, 1.807) is 29.5 Å². The van der Waals surface area contributed by atoms with Gasteiger partial charge < -0.3 is 10.1 Å². The highest BCUT2D eigenvalue weighted by atomic mass is 79.9. The smallest absolute Gasteiger partial charge is 0.331 e. The maximum Gasteiger partial charge on any atom is 0.331 e. The minimum absolute atomic E-state index is 0.317. The lowest BCUT2D eigenvalue weighted by Crippen LogP contribution is -2.20. The standard InChI is InChI=1S/C16H14BrNO3S/c1-11-8-9-22-14(11)6-7-16(20)21-10-15(19)18-13-4-2-12(17)3-5-13/h2-9H,10H2,1H3,(H,18,19)/b7-6+. The van der Waals surface area contributed by atoms with Crippen LogP contribution in [0.15, 0.2) is 46.3 Å². The molecule has 1 N–H and O–H groups in total. The van der Waals surface area contributed by atoms with Crippen molar-refractivity contribution in [3.05, 3.63) is 56.7 Å². The molecular formula is C16H14BrNO3S. The largest absolute Gasteiger partial charge is 0.452 e. The number of halogens is 1. The second-order valence-corrected chi connectivity index (χ2v) is 6.33. The predicted molar refractivity (Wildman–Crippen MR) is 91.8 cm³/mol. The van der Waals surface area contributed by atoms with Crippen LogP contribution in [0.2, 0.25) is 0 Å². The highest BCUT2D eigenvalue weighted by Crippen LogP contribution is 2.17. The predicted octanol–water partition coefficient (Wildman–Crippen LogP) is 4.01. The van der Waals surface area contributed by atoms with Crippen molar-refractivity contribution >= 4 is 50.9 Å². The molecule has 0 radical (unpaired) electrons.